The van der Waals surface area contributed by atoms with Crippen molar-refractivity contribution in [3.63, 3.8) is 0 Å². The number of fused-ring (bicyclic) bond motifs is 1. The minimum absolute atomic E-state index is 0.0734. The Kier molecular flexibility index (Phi) is 3.78. The zero-order valence-corrected chi connectivity index (χ0v) is 13.6. The van der Waals surface area contributed by atoms with Gasteiger partial charge in [-0.2, -0.15) is 0 Å². The number of benzene rings is 2. The van der Waals surface area contributed by atoms with Crippen LogP contribution in [0.4, 0.5) is 5.69 Å². The first-order valence-electron chi connectivity index (χ1n) is 6.50. The lowest BCUT2D eigenvalue weighted by molar-refractivity contribution is -0.117. The molecule has 0 fully saturated rings. The summed E-state index contributed by atoms with van der Waals surface area (Å²) in [6.07, 6.45) is -0.378. The molecule has 1 atom stereocenters. The summed E-state index contributed by atoms with van der Waals surface area (Å²) in [4.78, 5) is 13.4. The van der Waals surface area contributed by atoms with Crippen LogP contribution >= 0.6 is 27.5 Å². The molecule has 1 heterocycles. The summed E-state index contributed by atoms with van der Waals surface area (Å²) in [5, 5.41) is 11.2. The number of rotatable bonds is 2. The number of carbonyl (C=O) groups excluding carboxylic acids is 1. The van der Waals surface area contributed by atoms with Crippen molar-refractivity contribution in [1.29, 1.82) is 0 Å². The van der Waals surface area contributed by atoms with Crippen molar-refractivity contribution in [3.8, 4) is 0 Å². The van der Waals surface area contributed by atoms with Crippen LogP contribution in [0.15, 0.2) is 40.9 Å². The summed E-state index contributed by atoms with van der Waals surface area (Å²) < 4.78 is 0.760. The number of anilines is 1. The Balaban J connectivity index is 1.98. The highest BCUT2D eigenvalue weighted by molar-refractivity contribution is 9.10. The van der Waals surface area contributed by atoms with Crippen molar-refractivity contribution < 1.29 is 9.90 Å². The first-order chi connectivity index (χ1) is 9.97. The molecular formula is C16H13BrClNO2. The first-order valence-corrected chi connectivity index (χ1v) is 7.67. The van der Waals surface area contributed by atoms with Crippen LogP contribution in [0.3, 0.4) is 0 Å². The Labute approximate surface area is 136 Å². The normalized spacial score (nSPS) is 15.2. The highest BCUT2D eigenvalue weighted by Gasteiger charge is 2.25. The fraction of sp³-hybridized carbons (Fsp3) is 0.188. The van der Waals surface area contributed by atoms with Gasteiger partial charge in [0.2, 0.25) is 5.91 Å². The summed E-state index contributed by atoms with van der Waals surface area (Å²) in [6.45, 7) is 0. The van der Waals surface area contributed by atoms with Crippen LogP contribution in [-0.2, 0) is 11.2 Å². The first kappa shape index (κ1) is 14.6. The van der Waals surface area contributed by atoms with E-state index in [1.54, 1.807) is 30.1 Å². The second-order valence-electron chi connectivity index (χ2n) is 5.09. The van der Waals surface area contributed by atoms with E-state index in [1.165, 1.54) is 0 Å². The number of hydrogen-bond donors (Lipinski definition) is 1. The molecule has 5 heteroatoms. The summed E-state index contributed by atoms with van der Waals surface area (Å²) >= 11 is 9.34. The molecule has 21 heavy (non-hydrogen) atoms. The molecule has 1 amide bonds. The summed E-state index contributed by atoms with van der Waals surface area (Å²) in [5.41, 5.74) is 3.37. The maximum absolute atomic E-state index is 11.7. The molecule has 2 aromatic rings. The highest BCUT2D eigenvalue weighted by atomic mass is 79.9. The largest absolute Gasteiger partial charge is 0.384 e. The molecule has 2 aromatic carbocycles. The summed E-state index contributed by atoms with van der Waals surface area (Å²) in [5.74, 6) is 0.0734. The van der Waals surface area contributed by atoms with Crippen LogP contribution in [0.1, 0.15) is 22.8 Å². The molecule has 0 saturated carbocycles. The molecule has 0 aromatic heterocycles. The molecule has 0 spiro atoms. The zero-order valence-electron chi connectivity index (χ0n) is 11.3. The predicted octanol–water partition coefficient (Wildman–Crippen LogP) is 3.70. The molecule has 0 saturated heterocycles. The molecular weight excluding hydrogens is 354 g/mol. The van der Waals surface area contributed by atoms with E-state index in [0.29, 0.717) is 11.4 Å². The quantitative estimate of drug-likeness (QED) is 0.880. The standard InChI is InChI=1S/C16H13BrClNO2/c1-19-14-5-2-9(6-10(14)7-15(19)20)16(21)12-4-3-11(18)8-13(12)17/h2-6,8,16,21H,7H2,1H3. The Bertz CT molecular complexity index is 732. The van der Waals surface area contributed by atoms with Crippen molar-refractivity contribution in [2.45, 2.75) is 12.5 Å². The maximum atomic E-state index is 11.7. The number of likely N-dealkylation sites (N-methyl/N-ethyl adjacent to an activating group) is 1. The van der Waals surface area contributed by atoms with Gasteiger partial charge in [-0.15, -0.1) is 0 Å². The number of halogens is 2. The third kappa shape index (κ3) is 2.59. The van der Waals surface area contributed by atoms with Gasteiger partial charge >= 0.3 is 0 Å². The minimum Gasteiger partial charge on any atom is -0.384 e. The topological polar surface area (TPSA) is 40.5 Å². The highest BCUT2D eigenvalue weighted by Crippen LogP contribution is 2.34. The minimum atomic E-state index is -0.761. The SMILES string of the molecule is CN1C(=O)Cc2cc(C(O)c3ccc(Cl)cc3Br)ccc21. The van der Waals surface area contributed by atoms with E-state index in [-0.39, 0.29) is 5.91 Å². The Morgan fingerprint density at radius 3 is 2.76 bits per heavy atom. The molecule has 1 N–H and O–H groups in total. The molecule has 3 nitrogen and oxygen atoms in total. The molecule has 1 aliphatic rings. The Morgan fingerprint density at radius 2 is 2.05 bits per heavy atom. The Hall–Kier alpha value is -1.36. The third-order valence-corrected chi connectivity index (χ3v) is 4.68. The van der Waals surface area contributed by atoms with Crippen LogP contribution in [0.2, 0.25) is 5.02 Å². The van der Waals surface area contributed by atoms with Crippen molar-refractivity contribution in [2.75, 3.05) is 11.9 Å². The maximum Gasteiger partial charge on any atom is 0.231 e. The summed E-state index contributed by atoms with van der Waals surface area (Å²) in [6, 6.07) is 10.9. The van der Waals surface area contributed by atoms with Crippen LogP contribution < -0.4 is 4.90 Å². The van der Waals surface area contributed by atoms with Crippen LogP contribution in [0.5, 0.6) is 0 Å². The van der Waals surface area contributed by atoms with Crippen molar-refractivity contribution in [1.82, 2.24) is 0 Å². The number of carbonyl (C=O) groups is 1. The molecule has 0 bridgehead atoms. The van der Waals surface area contributed by atoms with E-state index in [1.807, 2.05) is 18.2 Å². The molecule has 1 unspecified atom stereocenters. The van der Waals surface area contributed by atoms with Gasteiger partial charge in [-0.05, 0) is 34.9 Å². The lowest BCUT2D eigenvalue weighted by atomic mass is 9.99. The van der Waals surface area contributed by atoms with Gasteiger partial charge in [-0.3, -0.25) is 4.79 Å². The number of nitrogens with zero attached hydrogens (tertiary/aromatic N) is 1. The average molecular weight is 367 g/mol. The van der Waals surface area contributed by atoms with Gasteiger partial charge in [0.1, 0.15) is 6.10 Å². The van der Waals surface area contributed by atoms with E-state index >= 15 is 0 Å². The van der Waals surface area contributed by atoms with Gasteiger partial charge in [-0.1, -0.05) is 45.7 Å². The fourth-order valence-corrected chi connectivity index (χ4v) is 3.46. The second kappa shape index (κ2) is 5.44. The third-order valence-electron chi connectivity index (χ3n) is 3.75. The van der Waals surface area contributed by atoms with Crippen molar-refractivity contribution in [3.05, 3.63) is 62.6 Å². The molecule has 0 radical (unpaired) electrons. The molecule has 3 rings (SSSR count). The second-order valence-corrected chi connectivity index (χ2v) is 6.38. The number of amides is 1. The van der Waals surface area contributed by atoms with E-state index in [4.69, 9.17) is 11.6 Å². The van der Waals surface area contributed by atoms with Gasteiger partial charge in [0, 0.05) is 22.2 Å². The van der Waals surface area contributed by atoms with Gasteiger partial charge in [-0.25, -0.2) is 0 Å². The van der Waals surface area contributed by atoms with Gasteiger partial charge in [0.15, 0.2) is 0 Å². The average Bonchev–Trinajstić information content (AvgIpc) is 2.73. The lowest BCUT2D eigenvalue weighted by Gasteiger charge is -2.16. The van der Waals surface area contributed by atoms with Gasteiger partial charge < -0.3 is 10.0 Å². The zero-order chi connectivity index (χ0) is 15.1. The van der Waals surface area contributed by atoms with Gasteiger partial charge in [0.25, 0.3) is 0 Å². The van der Waals surface area contributed by atoms with Crippen LogP contribution in [0.25, 0.3) is 0 Å². The molecule has 1 aliphatic heterocycles. The molecule has 108 valence electrons. The van der Waals surface area contributed by atoms with Crippen LogP contribution in [0, 0.1) is 0 Å². The number of aliphatic hydroxyl groups is 1. The van der Waals surface area contributed by atoms with Crippen molar-refractivity contribution in [2.24, 2.45) is 0 Å². The monoisotopic (exact) mass is 365 g/mol. The summed E-state index contributed by atoms with van der Waals surface area (Å²) in [7, 11) is 1.76. The lowest BCUT2D eigenvalue weighted by Crippen LogP contribution is -2.20. The van der Waals surface area contributed by atoms with E-state index in [9.17, 15) is 9.90 Å². The predicted molar refractivity (Wildman–Crippen MR) is 86.8 cm³/mol. The van der Waals surface area contributed by atoms with Crippen molar-refractivity contribution >= 4 is 39.1 Å². The Morgan fingerprint density at radius 1 is 1.29 bits per heavy atom. The fourth-order valence-electron chi connectivity index (χ4n) is 2.56. The van der Waals surface area contributed by atoms with E-state index in [0.717, 1.165) is 26.9 Å². The van der Waals surface area contributed by atoms with E-state index < -0.39 is 6.10 Å². The molecule has 0 aliphatic carbocycles. The van der Waals surface area contributed by atoms with Gasteiger partial charge in [0.05, 0.1) is 6.42 Å². The number of aliphatic hydroxyl groups excluding tert-OH is 1. The number of hydrogen-bond acceptors (Lipinski definition) is 2. The van der Waals surface area contributed by atoms with Crippen LogP contribution in [-0.4, -0.2) is 18.1 Å². The smallest absolute Gasteiger partial charge is 0.231 e. The van der Waals surface area contributed by atoms with E-state index in [2.05, 4.69) is 15.9 Å².